The predicted octanol–water partition coefficient (Wildman–Crippen LogP) is 3.66. The Kier molecular flexibility index (Phi) is 6.14. The van der Waals surface area contributed by atoms with E-state index in [1.165, 1.54) is 45.6 Å². The Morgan fingerprint density at radius 1 is 0.960 bits per heavy atom. The van der Waals surface area contributed by atoms with Crippen molar-refractivity contribution in [3.63, 3.8) is 0 Å². The molecule has 0 aliphatic rings. The summed E-state index contributed by atoms with van der Waals surface area (Å²) >= 11 is 3.03. The summed E-state index contributed by atoms with van der Waals surface area (Å²) in [4.78, 5) is 24.3. The first-order valence-electron chi connectivity index (χ1n) is 7.20. The number of methoxy groups -OCH3 is 3. The van der Waals surface area contributed by atoms with Crippen LogP contribution >= 0.6 is 15.9 Å². The zero-order valence-electron chi connectivity index (χ0n) is 13.9. The van der Waals surface area contributed by atoms with E-state index in [-0.39, 0.29) is 39.3 Å². The van der Waals surface area contributed by atoms with Crippen LogP contribution in [0.4, 0.5) is 4.39 Å². The van der Waals surface area contributed by atoms with Crippen LogP contribution < -0.4 is 14.2 Å². The van der Waals surface area contributed by atoms with E-state index >= 15 is 0 Å². The number of alkyl halides is 1. The highest BCUT2D eigenvalue weighted by molar-refractivity contribution is 9.09. The minimum absolute atomic E-state index is 0.0760. The van der Waals surface area contributed by atoms with Crippen molar-refractivity contribution < 1.29 is 28.2 Å². The fraction of sp³-hybridized carbons (Fsp3) is 0.222. The van der Waals surface area contributed by atoms with Crippen LogP contribution in [0.15, 0.2) is 30.3 Å². The van der Waals surface area contributed by atoms with E-state index < -0.39 is 11.6 Å². The van der Waals surface area contributed by atoms with E-state index in [0.717, 1.165) is 6.07 Å². The quantitative estimate of drug-likeness (QED) is 0.514. The Morgan fingerprint density at radius 2 is 1.56 bits per heavy atom. The fourth-order valence-electron chi connectivity index (χ4n) is 2.32. The van der Waals surface area contributed by atoms with Gasteiger partial charge in [-0.05, 0) is 24.3 Å². The first-order valence-corrected chi connectivity index (χ1v) is 8.32. The van der Waals surface area contributed by atoms with Gasteiger partial charge in [0.15, 0.2) is 23.1 Å². The van der Waals surface area contributed by atoms with Gasteiger partial charge in [-0.25, -0.2) is 4.39 Å². The molecular weight excluding hydrogens is 395 g/mol. The third-order valence-electron chi connectivity index (χ3n) is 3.58. The summed E-state index contributed by atoms with van der Waals surface area (Å²) in [6.07, 6.45) is 0. The van der Waals surface area contributed by atoms with Gasteiger partial charge in [-0.3, -0.25) is 9.59 Å². The number of hydrogen-bond acceptors (Lipinski definition) is 5. The summed E-state index contributed by atoms with van der Waals surface area (Å²) in [5, 5.41) is 0.0760. The van der Waals surface area contributed by atoms with Gasteiger partial charge in [-0.2, -0.15) is 0 Å². The molecule has 0 aliphatic carbocycles. The summed E-state index contributed by atoms with van der Waals surface area (Å²) < 4.78 is 29.9. The Labute approximate surface area is 152 Å². The van der Waals surface area contributed by atoms with Crippen molar-refractivity contribution in [3.05, 3.63) is 52.8 Å². The molecule has 0 radical (unpaired) electrons. The summed E-state index contributed by atoms with van der Waals surface area (Å²) in [7, 11) is 4.29. The van der Waals surface area contributed by atoms with E-state index in [9.17, 15) is 14.0 Å². The molecule has 2 rings (SSSR count). The Bertz CT molecular complexity index is 794. The molecule has 132 valence electrons. The molecule has 0 atom stereocenters. The Balaban J connectivity index is 2.49. The molecule has 0 heterocycles. The molecule has 0 aliphatic heterocycles. The molecule has 0 unspecified atom stereocenters. The van der Waals surface area contributed by atoms with E-state index in [0.29, 0.717) is 5.75 Å². The van der Waals surface area contributed by atoms with E-state index in [1.54, 1.807) is 0 Å². The van der Waals surface area contributed by atoms with Gasteiger partial charge in [0.2, 0.25) is 5.75 Å². The maximum absolute atomic E-state index is 14.3. The zero-order chi connectivity index (χ0) is 18.6. The van der Waals surface area contributed by atoms with Crippen molar-refractivity contribution in [2.45, 2.75) is 0 Å². The van der Waals surface area contributed by atoms with Crippen LogP contribution in [0, 0.1) is 5.82 Å². The highest BCUT2D eigenvalue weighted by Gasteiger charge is 2.21. The number of Topliss-reactive ketones (excluding diaryl/α,β-unsaturated/α-hetero) is 1. The minimum Gasteiger partial charge on any atom is -0.493 e. The number of halogens is 2. The van der Waals surface area contributed by atoms with Gasteiger partial charge < -0.3 is 14.2 Å². The third-order valence-corrected chi connectivity index (χ3v) is 4.09. The lowest BCUT2D eigenvalue weighted by Gasteiger charge is -2.14. The molecule has 2 aromatic rings. The monoisotopic (exact) mass is 410 g/mol. The van der Waals surface area contributed by atoms with Crippen LogP contribution in [0.1, 0.15) is 26.3 Å². The van der Waals surface area contributed by atoms with E-state index in [2.05, 4.69) is 15.9 Å². The minimum atomic E-state index is -0.773. The smallest absolute Gasteiger partial charge is 0.203 e. The van der Waals surface area contributed by atoms with E-state index in [1.807, 2.05) is 0 Å². The van der Waals surface area contributed by atoms with Crippen molar-refractivity contribution in [2.75, 3.05) is 26.7 Å². The molecule has 0 aromatic heterocycles. The van der Waals surface area contributed by atoms with Crippen molar-refractivity contribution in [1.29, 1.82) is 0 Å². The number of hydrogen-bond donors (Lipinski definition) is 0. The molecule has 0 amide bonds. The second-order valence-corrected chi connectivity index (χ2v) is 5.56. The third kappa shape index (κ3) is 3.82. The lowest BCUT2D eigenvalue weighted by molar-refractivity contribution is 0.101. The maximum Gasteiger partial charge on any atom is 0.203 e. The number of benzene rings is 2. The Hall–Kier alpha value is -2.41. The Morgan fingerprint density at radius 3 is 2.00 bits per heavy atom. The molecular formula is C18H16BrFO5. The van der Waals surface area contributed by atoms with Gasteiger partial charge in [-0.15, -0.1) is 0 Å². The highest BCUT2D eigenvalue weighted by Crippen LogP contribution is 2.38. The summed E-state index contributed by atoms with van der Waals surface area (Å²) in [5.41, 5.74) is 0.212. The average Bonchev–Trinajstić information content (AvgIpc) is 2.65. The lowest BCUT2D eigenvalue weighted by atomic mass is 9.99. The molecule has 7 heteroatoms. The van der Waals surface area contributed by atoms with Crippen molar-refractivity contribution >= 4 is 27.5 Å². The van der Waals surface area contributed by atoms with Crippen LogP contribution in [0.2, 0.25) is 0 Å². The highest BCUT2D eigenvalue weighted by atomic mass is 79.9. The number of ketones is 2. The second-order valence-electron chi connectivity index (χ2n) is 4.99. The van der Waals surface area contributed by atoms with Crippen LogP contribution in [-0.2, 0) is 0 Å². The SMILES string of the molecule is COc1cc(C(=O)c2ccc(C(=O)CBr)cc2F)cc(OC)c1OC. The molecule has 2 aromatic carbocycles. The summed E-state index contributed by atoms with van der Waals surface area (Å²) in [6, 6.07) is 6.64. The molecule has 0 saturated heterocycles. The maximum atomic E-state index is 14.3. The van der Waals surface area contributed by atoms with Crippen LogP contribution in [0.25, 0.3) is 0 Å². The number of rotatable bonds is 7. The number of ether oxygens (including phenoxy) is 3. The zero-order valence-corrected chi connectivity index (χ0v) is 15.5. The van der Waals surface area contributed by atoms with Crippen molar-refractivity contribution in [3.8, 4) is 17.2 Å². The predicted molar refractivity (Wildman–Crippen MR) is 94.1 cm³/mol. The van der Waals surface area contributed by atoms with Gasteiger partial charge in [0.25, 0.3) is 0 Å². The molecule has 0 fully saturated rings. The molecule has 25 heavy (non-hydrogen) atoms. The van der Waals surface area contributed by atoms with E-state index in [4.69, 9.17) is 14.2 Å². The van der Waals surface area contributed by atoms with Crippen molar-refractivity contribution in [1.82, 2.24) is 0 Å². The van der Waals surface area contributed by atoms with Crippen LogP contribution in [-0.4, -0.2) is 38.2 Å². The molecule has 0 spiro atoms. The first kappa shape index (κ1) is 18.9. The normalized spacial score (nSPS) is 10.3. The largest absolute Gasteiger partial charge is 0.493 e. The van der Waals surface area contributed by atoms with Gasteiger partial charge >= 0.3 is 0 Å². The first-order chi connectivity index (χ1) is 12.0. The average molecular weight is 411 g/mol. The standard InChI is InChI=1S/C18H16BrFO5/c1-23-15-7-11(8-16(24-2)18(15)25-3)17(22)12-5-4-10(6-13(12)20)14(21)9-19/h4-8H,9H2,1-3H3. The molecule has 0 N–H and O–H groups in total. The fourth-order valence-corrected chi connectivity index (χ4v) is 2.64. The second kappa shape index (κ2) is 8.11. The summed E-state index contributed by atoms with van der Waals surface area (Å²) in [6.45, 7) is 0. The molecule has 0 saturated carbocycles. The number of carbonyl (C=O) groups excluding carboxylic acids is 2. The number of carbonyl (C=O) groups is 2. The van der Waals surface area contributed by atoms with Crippen LogP contribution in [0.5, 0.6) is 17.2 Å². The molecule has 0 bridgehead atoms. The summed E-state index contributed by atoms with van der Waals surface area (Å²) in [5.74, 6) is -0.695. The van der Waals surface area contributed by atoms with Gasteiger partial charge in [0.05, 0.1) is 32.2 Å². The lowest BCUT2D eigenvalue weighted by Crippen LogP contribution is -2.08. The van der Waals surface area contributed by atoms with Gasteiger partial charge in [0.1, 0.15) is 5.82 Å². The van der Waals surface area contributed by atoms with Gasteiger partial charge in [0, 0.05) is 11.1 Å². The van der Waals surface area contributed by atoms with Crippen molar-refractivity contribution in [2.24, 2.45) is 0 Å². The topological polar surface area (TPSA) is 61.8 Å². The van der Waals surface area contributed by atoms with Crippen LogP contribution in [0.3, 0.4) is 0 Å². The van der Waals surface area contributed by atoms with Gasteiger partial charge in [-0.1, -0.05) is 22.0 Å². The molecule has 5 nitrogen and oxygen atoms in total.